The van der Waals surface area contributed by atoms with Gasteiger partial charge in [-0.2, -0.15) is 5.43 Å². The molecule has 0 spiro atoms. The van der Waals surface area contributed by atoms with E-state index in [9.17, 15) is 9.59 Å². The van der Waals surface area contributed by atoms with Crippen LogP contribution in [0.3, 0.4) is 0 Å². The van der Waals surface area contributed by atoms with Gasteiger partial charge in [0, 0.05) is 18.3 Å². The van der Waals surface area contributed by atoms with Gasteiger partial charge in [0.25, 0.3) is 5.91 Å². The van der Waals surface area contributed by atoms with Crippen molar-refractivity contribution in [2.75, 3.05) is 10.4 Å². The minimum Gasteiger partial charge on any atom is -0.268 e. The largest absolute Gasteiger partial charge is 0.381 e. The third-order valence-electron chi connectivity index (χ3n) is 5.59. The molecule has 4 rings (SSSR count). The van der Waals surface area contributed by atoms with E-state index in [1.54, 1.807) is 11.2 Å². The van der Waals surface area contributed by atoms with Gasteiger partial charge in [0.1, 0.15) is 5.69 Å². The average Bonchev–Trinajstić information content (AvgIpc) is 3.00. The van der Waals surface area contributed by atoms with Crippen molar-refractivity contribution in [2.45, 2.75) is 33.1 Å². The number of nitrogens with one attached hydrogen (secondary N) is 1. The van der Waals surface area contributed by atoms with Gasteiger partial charge in [-0.15, -0.1) is 5.01 Å². The first kappa shape index (κ1) is 20.8. The summed E-state index contributed by atoms with van der Waals surface area (Å²) in [6.07, 6.45) is 3.94. The van der Waals surface area contributed by atoms with Gasteiger partial charge in [-0.05, 0) is 47.9 Å². The number of rotatable bonds is 7. The van der Waals surface area contributed by atoms with E-state index >= 15 is 0 Å². The molecule has 31 heavy (non-hydrogen) atoms. The number of pyridine rings is 1. The number of benzene rings is 2. The second-order valence-electron chi connectivity index (χ2n) is 7.82. The van der Waals surface area contributed by atoms with Crippen LogP contribution in [0.2, 0.25) is 0 Å². The molecule has 2 unspecified atom stereocenters. The van der Waals surface area contributed by atoms with Crippen LogP contribution in [-0.2, 0) is 9.59 Å². The summed E-state index contributed by atoms with van der Waals surface area (Å²) in [5.74, 6) is -0.592. The van der Waals surface area contributed by atoms with E-state index in [2.05, 4.69) is 17.3 Å². The van der Waals surface area contributed by atoms with Crippen LogP contribution in [0.5, 0.6) is 0 Å². The van der Waals surface area contributed by atoms with Crippen molar-refractivity contribution in [2.24, 2.45) is 5.92 Å². The van der Waals surface area contributed by atoms with Crippen LogP contribution in [0.1, 0.15) is 31.7 Å². The Kier molecular flexibility index (Phi) is 5.82. The quantitative estimate of drug-likeness (QED) is 0.435. The molecule has 1 aromatic heterocycles. The highest BCUT2D eigenvalue weighted by Crippen LogP contribution is 2.40. The molecule has 1 saturated heterocycles. The van der Waals surface area contributed by atoms with Gasteiger partial charge in [-0.25, -0.2) is 9.78 Å². The maximum atomic E-state index is 14.0. The van der Waals surface area contributed by atoms with Crippen molar-refractivity contribution in [3.05, 3.63) is 84.6 Å². The Morgan fingerprint density at radius 1 is 1.00 bits per heavy atom. The number of anilines is 2. The average molecular weight is 416 g/mol. The maximum Gasteiger partial charge on any atom is 0.381 e. The minimum absolute atomic E-state index is 0.197. The predicted molar refractivity (Wildman–Crippen MR) is 123 cm³/mol. The normalized spacial score (nSPS) is 20.8. The molecule has 1 fully saturated rings. The van der Waals surface area contributed by atoms with Crippen molar-refractivity contribution in [1.29, 1.82) is 0 Å². The zero-order valence-electron chi connectivity index (χ0n) is 17.9. The first-order chi connectivity index (χ1) is 15.1. The number of unbranched alkanes of at least 4 members (excludes halogenated alkanes) is 1. The van der Waals surface area contributed by atoms with E-state index < -0.39 is 10.6 Å². The molecule has 2 amide bonds. The van der Waals surface area contributed by atoms with Gasteiger partial charge in [0.2, 0.25) is 0 Å². The maximum absolute atomic E-state index is 14.0. The van der Waals surface area contributed by atoms with Gasteiger partial charge in [-0.1, -0.05) is 56.2 Å². The SMILES string of the molecule is CCCCC1C(=O)N(c2ccccc2)[N+](Nc2cc(C)ccn2)(c2ccccc2)C1=O. The Labute approximate surface area is 182 Å². The first-order valence-corrected chi connectivity index (χ1v) is 10.7. The second-order valence-corrected chi connectivity index (χ2v) is 7.82. The van der Waals surface area contributed by atoms with Crippen molar-refractivity contribution < 1.29 is 9.59 Å². The molecule has 2 aromatic carbocycles. The molecule has 0 radical (unpaired) electrons. The number of aryl methyl sites for hydroxylation is 1. The van der Waals surface area contributed by atoms with Crippen molar-refractivity contribution in [3.63, 3.8) is 0 Å². The minimum atomic E-state index is -0.724. The lowest BCUT2D eigenvalue weighted by Gasteiger charge is -2.36. The van der Waals surface area contributed by atoms with Crippen LogP contribution in [0.15, 0.2) is 79.0 Å². The van der Waals surface area contributed by atoms with Gasteiger partial charge in [-0.3, -0.25) is 4.79 Å². The van der Waals surface area contributed by atoms with Gasteiger partial charge >= 0.3 is 5.91 Å². The third-order valence-corrected chi connectivity index (χ3v) is 5.59. The summed E-state index contributed by atoms with van der Waals surface area (Å²) in [6, 6.07) is 22.5. The predicted octanol–water partition coefficient (Wildman–Crippen LogP) is 5.02. The molecule has 0 saturated carbocycles. The van der Waals surface area contributed by atoms with Crippen molar-refractivity contribution in [3.8, 4) is 0 Å². The second kappa shape index (κ2) is 8.70. The number of amides is 2. The summed E-state index contributed by atoms with van der Waals surface area (Å²) in [5, 5.41) is 1.57. The summed E-state index contributed by atoms with van der Waals surface area (Å²) in [6.45, 7) is 4.03. The monoisotopic (exact) mass is 415 g/mol. The molecular formula is C25H27N4O2+. The smallest absolute Gasteiger partial charge is 0.268 e. The Balaban J connectivity index is 1.94. The van der Waals surface area contributed by atoms with E-state index in [4.69, 9.17) is 0 Å². The molecule has 2 atom stereocenters. The lowest BCUT2D eigenvalue weighted by Crippen LogP contribution is -2.65. The van der Waals surface area contributed by atoms with E-state index in [1.165, 1.54) is 0 Å². The summed E-state index contributed by atoms with van der Waals surface area (Å²) >= 11 is 0. The number of nitrogens with zero attached hydrogens (tertiary/aromatic N) is 3. The third kappa shape index (κ3) is 3.70. The highest BCUT2D eigenvalue weighted by molar-refractivity contribution is 6.20. The lowest BCUT2D eigenvalue weighted by molar-refractivity contribution is -0.131. The number of para-hydroxylation sites is 2. The number of aromatic nitrogens is 1. The molecule has 6 heteroatoms. The van der Waals surface area contributed by atoms with Crippen molar-refractivity contribution in [1.82, 2.24) is 9.69 Å². The number of quaternary nitrogens is 1. The van der Waals surface area contributed by atoms with Crippen LogP contribution < -0.4 is 15.1 Å². The van der Waals surface area contributed by atoms with Crippen LogP contribution in [0.25, 0.3) is 0 Å². The van der Waals surface area contributed by atoms with Gasteiger partial charge in [0.15, 0.2) is 17.4 Å². The molecular weight excluding hydrogens is 388 g/mol. The summed E-state index contributed by atoms with van der Waals surface area (Å²) in [7, 11) is 0. The number of hydrogen-bond donors (Lipinski definition) is 1. The van der Waals surface area contributed by atoms with Gasteiger partial charge < -0.3 is 0 Å². The topological polar surface area (TPSA) is 62.3 Å². The summed E-state index contributed by atoms with van der Waals surface area (Å²) in [4.78, 5) is 32.2. The molecule has 0 bridgehead atoms. The summed E-state index contributed by atoms with van der Waals surface area (Å²) < 4.78 is -0.450. The molecule has 1 N–H and O–H groups in total. The van der Waals surface area contributed by atoms with E-state index in [0.717, 1.165) is 18.4 Å². The molecule has 2 heterocycles. The fourth-order valence-electron chi connectivity index (χ4n) is 4.07. The highest BCUT2D eigenvalue weighted by Gasteiger charge is 2.63. The Hall–Kier alpha value is -3.51. The lowest BCUT2D eigenvalue weighted by atomic mass is 10.0. The fourth-order valence-corrected chi connectivity index (χ4v) is 4.07. The number of hydrogen-bond acceptors (Lipinski definition) is 4. The number of carbonyl (C=O) groups is 2. The van der Waals surface area contributed by atoms with Crippen LogP contribution >= 0.6 is 0 Å². The Morgan fingerprint density at radius 2 is 1.68 bits per heavy atom. The van der Waals surface area contributed by atoms with Gasteiger partial charge in [0.05, 0.1) is 0 Å². The highest BCUT2D eigenvalue weighted by atomic mass is 16.2. The Morgan fingerprint density at radius 3 is 2.32 bits per heavy atom. The molecule has 0 aliphatic carbocycles. The van der Waals surface area contributed by atoms with Crippen LogP contribution in [0.4, 0.5) is 17.2 Å². The first-order valence-electron chi connectivity index (χ1n) is 10.7. The number of carbonyl (C=O) groups excluding carboxylic acids is 2. The zero-order chi connectivity index (χ0) is 21.8. The molecule has 3 aromatic rings. The Bertz CT molecular complexity index is 1070. The van der Waals surface area contributed by atoms with Crippen LogP contribution in [-0.4, -0.2) is 16.8 Å². The molecule has 158 valence electrons. The standard InChI is InChI=1S/C25H27N4O2/c1-3-4-15-22-24(30)28(20-11-7-5-8-12-20)29(25(22)31,21-13-9-6-10-14-21)27-23-18-19(2)16-17-26-23/h5-14,16-18,22H,3-4,15H2,1-2H3,(H,26,27)/q+1. The molecule has 6 nitrogen and oxygen atoms in total. The van der Waals surface area contributed by atoms with Crippen LogP contribution in [0, 0.1) is 12.8 Å². The van der Waals surface area contributed by atoms with E-state index in [0.29, 0.717) is 23.6 Å². The fraction of sp³-hybridized carbons (Fsp3) is 0.240. The van der Waals surface area contributed by atoms with E-state index in [-0.39, 0.29) is 11.8 Å². The van der Waals surface area contributed by atoms with E-state index in [1.807, 2.05) is 79.7 Å². The molecule has 1 aliphatic rings. The zero-order valence-corrected chi connectivity index (χ0v) is 17.9. The van der Waals surface area contributed by atoms with Crippen molar-refractivity contribution >= 4 is 29.0 Å². The molecule has 1 aliphatic heterocycles. The summed E-state index contributed by atoms with van der Waals surface area (Å²) in [5.41, 5.74) is 5.65.